The first-order chi connectivity index (χ1) is 6.22. The van der Waals surface area contributed by atoms with Crippen LogP contribution in [0, 0.1) is 17.8 Å². The Labute approximate surface area is 79.7 Å². The molecule has 4 fully saturated rings. The van der Waals surface area contributed by atoms with Crippen LogP contribution in [0.2, 0.25) is 0 Å². The highest BCUT2D eigenvalue weighted by Crippen LogP contribution is 2.55. The van der Waals surface area contributed by atoms with Crippen LogP contribution >= 0.6 is 0 Å². The zero-order chi connectivity index (χ0) is 9.05. The van der Waals surface area contributed by atoms with Crippen LogP contribution in [0.3, 0.4) is 0 Å². The molecule has 13 heavy (non-hydrogen) atoms. The molecule has 0 aliphatic heterocycles. The molecule has 2 heteroatoms. The van der Waals surface area contributed by atoms with E-state index in [0.29, 0.717) is 17.4 Å². The average molecular weight is 181 g/mol. The Hall–Kier alpha value is -0.0800. The fourth-order valence-electron chi connectivity index (χ4n) is 4.30. The Morgan fingerprint density at radius 1 is 1.15 bits per heavy atom. The van der Waals surface area contributed by atoms with Crippen LogP contribution in [0.15, 0.2) is 0 Å². The third-order valence-corrected chi connectivity index (χ3v) is 4.75. The molecule has 74 valence electrons. The van der Waals surface area contributed by atoms with E-state index >= 15 is 0 Å². The Morgan fingerprint density at radius 3 is 2.31 bits per heavy atom. The maximum absolute atomic E-state index is 10.0. The number of hydrogen-bond acceptors (Lipinski definition) is 2. The van der Waals surface area contributed by atoms with Gasteiger partial charge in [0.1, 0.15) is 0 Å². The standard InChI is InChI=1S/C11H19NO/c1-12-11-4-7-2-8(5-11)10(13)9(3-7)6-11/h7-10,12-13H,2-6H2,1H3/t7?,8-,9+,10?,11?. The quantitative estimate of drug-likeness (QED) is 0.636. The van der Waals surface area contributed by atoms with Gasteiger partial charge in [-0.15, -0.1) is 0 Å². The Bertz CT molecular complexity index is 212. The van der Waals surface area contributed by atoms with Crippen molar-refractivity contribution in [2.24, 2.45) is 17.8 Å². The van der Waals surface area contributed by atoms with Crippen LogP contribution in [0.5, 0.6) is 0 Å². The van der Waals surface area contributed by atoms with Crippen molar-refractivity contribution < 1.29 is 5.11 Å². The SMILES string of the molecule is CNC12CC3C[C@H](C1)C(O)[C@@H](C3)C2. The summed E-state index contributed by atoms with van der Waals surface area (Å²) in [6, 6.07) is 0. The summed E-state index contributed by atoms with van der Waals surface area (Å²) in [4.78, 5) is 0. The van der Waals surface area contributed by atoms with Crippen LogP contribution in [-0.2, 0) is 0 Å². The van der Waals surface area contributed by atoms with E-state index in [1.54, 1.807) is 0 Å². The van der Waals surface area contributed by atoms with Gasteiger partial charge in [-0.3, -0.25) is 0 Å². The van der Waals surface area contributed by atoms with Crippen LogP contribution in [0.4, 0.5) is 0 Å². The lowest BCUT2D eigenvalue weighted by Gasteiger charge is -2.58. The molecule has 2 N–H and O–H groups in total. The molecule has 5 atom stereocenters. The largest absolute Gasteiger partial charge is 0.393 e. The van der Waals surface area contributed by atoms with Crippen LogP contribution < -0.4 is 5.32 Å². The van der Waals surface area contributed by atoms with Crippen molar-refractivity contribution in [3.63, 3.8) is 0 Å². The smallest absolute Gasteiger partial charge is 0.0598 e. The van der Waals surface area contributed by atoms with Crippen LogP contribution in [0.25, 0.3) is 0 Å². The highest BCUT2D eigenvalue weighted by Gasteiger charge is 2.54. The number of rotatable bonds is 1. The first-order valence-corrected chi connectivity index (χ1v) is 5.59. The number of aliphatic hydroxyl groups is 1. The molecule has 0 saturated heterocycles. The molecule has 4 aliphatic rings. The number of nitrogens with one attached hydrogen (secondary N) is 1. The lowest BCUT2D eigenvalue weighted by atomic mass is 9.52. The third-order valence-electron chi connectivity index (χ3n) is 4.75. The zero-order valence-electron chi connectivity index (χ0n) is 8.29. The summed E-state index contributed by atoms with van der Waals surface area (Å²) in [5.41, 5.74) is 0.412. The maximum Gasteiger partial charge on any atom is 0.0598 e. The second kappa shape index (κ2) is 2.48. The van der Waals surface area contributed by atoms with Crippen molar-refractivity contribution in [2.45, 2.75) is 43.7 Å². The molecular formula is C11H19NO. The van der Waals surface area contributed by atoms with E-state index in [-0.39, 0.29) is 6.10 Å². The summed E-state index contributed by atoms with van der Waals surface area (Å²) in [6.07, 6.45) is 6.42. The van der Waals surface area contributed by atoms with Gasteiger partial charge in [0.15, 0.2) is 0 Å². The molecular weight excluding hydrogens is 162 g/mol. The summed E-state index contributed by atoms with van der Waals surface area (Å²) in [7, 11) is 2.10. The van der Waals surface area contributed by atoms with Gasteiger partial charge in [0, 0.05) is 5.54 Å². The molecule has 2 nitrogen and oxygen atoms in total. The first kappa shape index (κ1) is 8.25. The van der Waals surface area contributed by atoms with Crippen LogP contribution in [0.1, 0.15) is 32.1 Å². The number of aliphatic hydroxyl groups excluding tert-OH is 1. The number of hydrogen-bond donors (Lipinski definition) is 2. The topological polar surface area (TPSA) is 32.3 Å². The Kier molecular flexibility index (Phi) is 1.58. The molecule has 4 aliphatic carbocycles. The summed E-state index contributed by atoms with van der Waals surface area (Å²) in [5.74, 6) is 2.13. The van der Waals surface area contributed by atoms with Crippen LogP contribution in [-0.4, -0.2) is 23.8 Å². The van der Waals surface area contributed by atoms with Gasteiger partial charge in [-0.05, 0) is 56.9 Å². The molecule has 4 saturated carbocycles. The van der Waals surface area contributed by atoms with Gasteiger partial charge in [-0.1, -0.05) is 0 Å². The second-order valence-corrected chi connectivity index (χ2v) is 5.49. The van der Waals surface area contributed by atoms with E-state index in [2.05, 4.69) is 12.4 Å². The average Bonchev–Trinajstić information content (AvgIpc) is 2.13. The molecule has 0 radical (unpaired) electrons. The first-order valence-electron chi connectivity index (χ1n) is 5.59. The summed E-state index contributed by atoms with van der Waals surface area (Å²) in [5, 5.41) is 13.5. The van der Waals surface area contributed by atoms with Gasteiger partial charge in [0.2, 0.25) is 0 Å². The predicted octanol–water partition coefficient (Wildman–Crippen LogP) is 1.15. The van der Waals surface area contributed by atoms with E-state index < -0.39 is 0 Å². The third kappa shape index (κ3) is 1.02. The van der Waals surface area contributed by atoms with Crippen molar-refractivity contribution in [3.8, 4) is 0 Å². The van der Waals surface area contributed by atoms with Gasteiger partial charge in [0.25, 0.3) is 0 Å². The van der Waals surface area contributed by atoms with Gasteiger partial charge >= 0.3 is 0 Å². The zero-order valence-corrected chi connectivity index (χ0v) is 8.29. The Balaban J connectivity index is 1.92. The Morgan fingerprint density at radius 2 is 1.77 bits per heavy atom. The van der Waals surface area contributed by atoms with E-state index in [4.69, 9.17) is 0 Å². The molecule has 0 aromatic heterocycles. The molecule has 0 aromatic rings. The molecule has 0 aromatic carbocycles. The highest BCUT2D eigenvalue weighted by molar-refractivity contribution is 5.08. The molecule has 3 unspecified atom stereocenters. The van der Waals surface area contributed by atoms with E-state index in [0.717, 1.165) is 5.92 Å². The monoisotopic (exact) mass is 181 g/mol. The predicted molar refractivity (Wildman–Crippen MR) is 51.4 cm³/mol. The minimum atomic E-state index is 0.0259. The summed E-state index contributed by atoms with van der Waals surface area (Å²) < 4.78 is 0. The minimum Gasteiger partial charge on any atom is -0.393 e. The molecule has 4 rings (SSSR count). The molecule has 0 amide bonds. The van der Waals surface area contributed by atoms with Crippen molar-refractivity contribution in [1.29, 1.82) is 0 Å². The van der Waals surface area contributed by atoms with Crippen molar-refractivity contribution in [1.82, 2.24) is 5.32 Å². The normalized spacial score (nSPS) is 58.6. The molecule has 4 bridgehead atoms. The van der Waals surface area contributed by atoms with E-state index in [1.807, 2.05) is 0 Å². The fraction of sp³-hybridized carbons (Fsp3) is 1.00. The minimum absolute atomic E-state index is 0.0259. The second-order valence-electron chi connectivity index (χ2n) is 5.49. The molecule has 0 spiro atoms. The fourth-order valence-corrected chi connectivity index (χ4v) is 4.30. The summed E-state index contributed by atoms with van der Waals surface area (Å²) >= 11 is 0. The van der Waals surface area contributed by atoms with Gasteiger partial charge in [-0.25, -0.2) is 0 Å². The lowest BCUT2D eigenvalue weighted by molar-refractivity contribution is -0.110. The molecule has 0 heterocycles. The van der Waals surface area contributed by atoms with Gasteiger partial charge in [0.05, 0.1) is 6.10 Å². The summed E-state index contributed by atoms with van der Waals surface area (Å²) in [6.45, 7) is 0. The van der Waals surface area contributed by atoms with Crippen molar-refractivity contribution in [3.05, 3.63) is 0 Å². The van der Waals surface area contributed by atoms with Gasteiger partial charge < -0.3 is 10.4 Å². The van der Waals surface area contributed by atoms with Gasteiger partial charge in [-0.2, -0.15) is 0 Å². The van der Waals surface area contributed by atoms with E-state index in [9.17, 15) is 5.11 Å². The van der Waals surface area contributed by atoms with E-state index in [1.165, 1.54) is 32.1 Å². The lowest BCUT2D eigenvalue weighted by Crippen LogP contribution is -2.61. The van der Waals surface area contributed by atoms with Crippen molar-refractivity contribution >= 4 is 0 Å². The maximum atomic E-state index is 10.0. The van der Waals surface area contributed by atoms with Crippen molar-refractivity contribution in [2.75, 3.05) is 7.05 Å². The highest BCUT2D eigenvalue weighted by atomic mass is 16.3.